The van der Waals surface area contributed by atoms with E-state index < -0.39 is 0 Å². The fourth-order valence-electron chi connectivity index (χ4n) is 4.03. The van der Waals surface area contributed by atoms with Crippen LogP contribution in [0.15, 0.2) is 40.8 Å². The highest BCUT2D eigenvalue weighted by Crippen LogP contribution is 2.30. The van der Waals surface area contributed by atoms with Gasteiger partial charge < -0.3 is 4.90 Å². The van der Waals surface area contributed by atoms with Crippen LogP contribution < -0.4 is 5.56 Å². The number of benzene rings is 1. The summed E-state index contributed by atoms with van der Waals surface area (Å²) < 4.78 is 14.6. The quantitative estimate of drug-likeness (QED) is 0.674. The predicted molar refractivity (Wildman–Crippen MR) is 109 cm³/mol. The number of piperidine rings is 1. The average Bonchev–Trinajstić information content (AvgIpc) is 3.08. The minimum absolute atomic E-state index is 0.0140. The second-order valence-electron chi connectivity index (χ2n) is 7.76. The number of hydrogen-bond acceptors (Lipinski definition) is 4. The summed E-state index contributed by atoms with van der Waals surface area (Å²) in [6.45, 7) is 5.74. The number of halogens is 1. The predicted octanol–water partition coefficient (Wildman–Crippen LogP) is 3.77. The summed E-state index contributed by atoms with van der Waals surface area (Å²) in [5.74, 6) is 0.550. The Bertz CT molecular complexity index is 1060. The molecule has 2 atom stereocenters. The lowest BCUT2D eigenvalue weighted by atomic mass is 9.92. The van der Waals surface area contributed by atoms with Gasteiger partial charge in [0.05, 0.1) is 11.7 Å². The molecule has 0 N–H and O–H groups in total. The first-order valence-electron chi connectivity index (χ1n) is 9.42. The lowest BCUT2D eigenvalue weighted by Gasteiger charge is -2.35. The lowest BCUT2D eigenvalue weighted by molar-refractivity contribution is -0.134. The monoisotopic (exact) mass is 399 g/mol. The van der Waals surface area contributed by atoms with Gasteiger partial charge in [0.2, 0.25) is 5.91 Å². The molecule has 146 valence electrons. The van der Waals surface area contributed by atoms with E-state index in [1.54, 1.807) is 12.1 Å². The van der Waals surface area contributed by atoms with Gasteiger partial charge in [-0.15, -0.1) is 11.3 Å². The van der Waals surface area contributed by atoms with E-state index in [0.717, 1.165) is 30.6 Å². The van der Waals surface area contributed by atoms with Crippen LogP contribution in [0.4, 0.5) is 4.39 Å². The molecule has 1 aromatic carbocycles. The molecule has 1 aliphatic heterocycles. The summed E-state index contributed by atoms with van der Waals surface area (Å²) in [7, 11) is 0. The van der Waals surface area contributed by atoms with Crippen molar-refractivity contribution in [1.82, 2.24) is 14.5 Å². The topological polar surface area (TPSA) is 55.2 Å². The van der Waals surface area contributed by atoms with Crippen LogP contribution in [0, 0.1) is 17.7 Å². The number of thiophene rings is 1. The van der Waals surface area contributed by atoms with E-state index >= 15 is 0 Å². The molecule has 1 fully saturated rings. The Morgan fingerprint density at radius 3 is 2.57 bits per heavy atom. The zero-order valence-corrected chi connectivity index (χ0v) is 16.7. The third kappa shape index (κ3) is 3.58. The molecule has 1 aliphatic rings. The molecule has 3 heterocycles. The normalized spacial score (nSPS) is 19.9. The van der Waals surface area contributed by atoms with Gasteiger partial charge in [-0.05, 0) is 36.0 Å². The number of carbonyl (C=O) groups excluding carboxylic acids is 1. The number of fused-ring (bicyclic) bond motifs is 1. The van der Waals surface area contributed by atoms with Gasteiger partial charge in [0.1, 0.15) is 17.2 Å². The van der Waals surface area contributed by atoms with E-state index in [1.165, 1.54) is 34.4 Å². The fourth-order valence-corrected chi connectivity index (χ4v) is 4.94. The summed E-state index contributed by atoms with van der Waals surface area (Å²) >= 11 is 1.37. The van der Waals surface area contributed by atoms with Gasteiger partial charge >= 0.3 is 0 Å². The number of hydrogen-bond donors (Lipinski definition) is 0. The van der Waals surface area contributed by atoms with Crippen LogP contribution in [0.2, 0.25) is 0 Å². The van der Waals surface area contributed by atoms with E-state index in [1.807, 2.05) is 10.3 Å². The Labute approximate surface area is 166 Å². The van der Waals surface area contributed by atoms with E-state index in [-0.39, 0.29) is 23.8 Å². The molecular formula is C21H22FN3O2S. The molecule has 1 amide bonds. The first kappa shape index (κ1) is 18.8. The molecule has 0 saturated carbocycles. The van der Waals surface area contributed by atoms with Gasteiger partial charge in [-0.25, -0.2) is 9.37 Å². The van der Waals surface area contributed by atoms with E-state index in [0.29, 0.717) is 22.1 Å². The Kier molecular flexibility index (Phi) is 5.02. The molecule has 0 spiro atoms. The molecular weight excluding hydrogens is 377 g/mol. The smallest absolute Gasteiger partial charge is 0.263 e. The second-order valence-corrected chi connectivity index (χ2v) is 8.62. The number of carbonyl (C=O) groups is 1. The average molecular weight is 399 g/mol. The van der Waals surface area contributed by atoms with Crippen molar-refractivity contribution >= 4 is 27.5 Å². The van der Waals surface area contributed by atoms with E-state index in [2.05, 4.69) is 18.8 Å². The fraction of sp³-hybridized carbons (Fsp3) is 0.381. The maximum absolute atomic E-state index is 13.2. The highest BCUT2D eigenvalue weighted by Gasteiger charge is 2.26. The van der Waals surface area contributed by atoms with Crippen molar-refractivity contribution in [1.29, 1.82) is 0 Å². The highest BCUT2D eigenvalue weighted by molar-refractivity contribution is 7.17. The maximum Gasteiger partial charge on any atom is 0.263 e. The van der Waals surface area contributed by atoms with Crippen molar-refractivity contribution < 1.29 is 9.18 Å². The van der Waals surface area contributed by atoms with Crippen LogP contribution >= 0.6 is 11.3 Å². The summed E-state index contributed by atoms with van der Waals surface area (Å²) in [6.07, 6.45) is 2.57. The number of aromatic nitrogens is 2. The van der Waals surface area contributed by atoms with Gasteiger partial charge in [-0.2, -0.15) is 0 Å². The lowest BCUT2D eigenvalue weighted by Crippen LogP contribution is -2.44. The number of rotatable bonds is 3. The molecule has 0 radical (unpaired) electrons. The summed E-state index contributed by atoms with van der Waals surface area (Å²) in [6, 6.07) is 6.04. The highest BCUT2D eigenvalue weighted by atomic mass is 32.1. The minimum atomic E-state index is -0.325. The maximum atomic E-state index is 13.2. The number of amides is 1. The standard InChI is InChI=1S/C21H22FN3O2S/c1-13-7-14(2)9-24(8-13)18(26)10-25-12-23-20-19(21(25)27)17(11-28-20)15-3-5-16(22)6-4-15/h3-6,11-14H,7-10H2,1-2H3/t13-,14+. The largest absolute Gasteiger partial charge is 0.341 e. The van der Waals surface area contributed by atoms with Crippen LogP contribution in [0.5, 0.6) is 0 Å². The zero-order valence-electron chi connectivity index (χ0n) is 15.9. The molecule has 0 unspecified atom stereocenters. The Morgan fingerprint density at radius 1 is 1.21 bits per heavy atom. The molecule has 7 heteroatoms. The number of likely N-dealkylation sites (tertiary alicyclic amines) is 1. The third-order valence-corrected chi connectivity index (χ3v) is 6.13. The first-order valence-corrected chi connectivity index (χ1v) is 10.3. The van der Waals surface area contributed by atoms with Gasteiger partial charge in [0.15, 0.2) is 0 Å². The zero-order chi connectivity index (χ0) is 19.8. The van der Waals surface area contributed by atoms with Crippen LogP contribution in [0.25, 0.3) is 21.3 Å². The second kappa shape index (κ2) is 7.47. The Hall–Kier alpha value is -2.54. The summed E-state index contributed by atoms with van der Waals surface area (Å²) in [4.78, 5) is 32.7. The van der Waals surface area contributed by atoms with E-state index in [4.69, 9.17) is 0 Å². The Balaban J connectivity index is 1.66. The van der Waals surface area contributed by atoms with Crippen LogP contribution in [0.1, 0.15) is 20.3 Å². The molecule has 1 saturated heterocycles. The minimum Gasteiger partial charge on any atom is -0.341 e. The third-order valence-electron chi connectivity index (χ3n) is 5.24. The van der Waals surface area contributed by atoms with Gasteiger partial charge in [0.25, 0.3) is 5.56 Å². The molecule has 2 aromatic heterocycles. The van der Waals surface area contributed by atoms with Gasteiger partial charge in [0, 0.05) is 24.0 Å². The summed E-state index contributed by atoms with van der Waals surface area (Å²) in [5.41, 5.74) is 1.24. The van der Waals surface area contributed by atoms with Crippen molar-refractivity contribution in [2.75, 3.05) is 13.1 Å². The van der Waals surface area contributed by atoms with Crippen molar-refractivity contribution in [3.8, 4) is 11.1 Å². The molecule has 0 bridgehead atoms. The van der Waals surface area contributed by atoms with Gasteiger partial charge in [-0.3, -0.25) is 14.2 Å². The molecule has 0 aliphatic carbocycles. The van der Waals surface area contributed by atoms with Crippen molar-refractivity contribution in [3.63, 3.8) is 0 Å². The first-order chi connectivity index (χ1) is 13.4. The summed E-state index contributed by atoms with van der Waals surface area (Å²) in [5, 5.41) is 2.33. The molecule has 5 nitrogen and oxygen atoms in total. The van der Waals surface area contributed by atoms with Crippen LogP contribution in [-0.4, -0.2) is 33.4 Å². The Morgan fingerprint density at radius 2 is 1.89 bits per heavy atom. The van der Waals surface area contributed by atoms with Crippen molar-refractivity contribution in [2.45, 2.75) is 26.8 Å². The molecule has 28 heavy (non-hydrogen) atoms. The van der Waals surface area contributed by atoms with Crippen molar-refractivity contribution in [3.05, 3.63) is 52.1 Å². The van der Waals surface area contributed by atoms with Crippen LogP contribution in [0.3, 0.4) is 0 Å². The molecule has 3 aromatic rings. The number of nitrogens with zero attached hydrogens (tertiary/aromatic N) is 3. The van der Waals surface area contributed by atoms with Crippen LogP contribution in [-0.2, 0) is 11.3 Å². The van der Waals surface area contributed by atoms with Crippen molar-refractivity contribution in [2.24, 2.45) is 11.8 Å². The SMILES string of the molecule is C[C@@H]1C[C@H](C)CN(C(=O)Cn2cnc3scc(-c4ccc(F)cc4)c3c2=O)C1. The molecule has 4 rings (SSSR count). The van der Waals surface area contributed by atoms with E-state index in [9.17, 15) is 14.0 Å². The van der Waals surface area contributed by atoms with Gasteiger partial charge in [-0.1, -0.05) is 26.0 Å².